The number of alkyl halides is 3. The number of benzene rings is 1. The maximum atomic E-state index is 17.0. The van der Waals surface area contributed by atoms with Gasteiger partial charge in [-0.1, -0.05) is 0 Å². The molecule has 0 spiro atoms. The van der Waals surface area contributed by atoms with E-state index in [1.807, 2.05) is 0 Å². The monoisotopic (exact) mass is 640 g/mol. The topological polar surface area (TPSA) is 110 Å². The highest BCUT2D eigenvalue weighted by molar-refractivity contribution is 6.29. The Bertz CT molecular complexity index is 2360. The molecule has 0 fully saturated rings. The van der Waals surface area contributed by atoms with E-state index in [0.29, 0.717) is 18.2 Å². The van der Waals surface area contributed by atoms with Crippen molar-refractivity contribution in [1.82, 2.24) is 9.97 Å². The van der Waals surface area contributed by atoms with Crippen LogP contribution in [0.25, 0.3) is 48.1 Å². The molecule has 3 aromatic rings. The van der Waals surface area contributed by atoms with Crippen molar-refractivity contribution < 1.29 is 35.1 Å². The van der Waals surface area contributed by atoms with Gasteiger partial charge in [-0.25, -0.2) is 38.8 Å². The number of aromatic nitrogens is 2. The quantitative estimate of drug-likeness (QED) is 0.123. The molecule has 2 heterocycles. The Labute approximate surface area is 257 Å². The molecule has 0 radical (unpaired) electrons. The third-order valence-corrected chi connectivity index (χ3v) is 6.91. The van der Waals surface area contributed by atoms with E-state index in [2.05, 4.69) is 24.5 Å². The van der Waals surface area contributed by atoms with Gasteiger partial charge in [0, 0.05) is 33.9 Å². The summed E-state index contributed by atoms with van der Waals surface area (Å²) in [6, 6.07) is 5.95. The minimum atomic E-state index is -5.26. The molecule has 0 atom stereocenters. The molecule has 224 valence electrons. The van der Waals surface area contributed by atoms with Crippen LogP contribution in [0.2, 0.25) is 0 Å². The van der Waals surface area contributed by atoms with E-state index in [-0.39, 0.29) is 6.07 Å². The molecule has 0 aliphatic heterocycles. The van der Waals surface area contributed by atoms with Crippen LogP contribution in [0.4, 0.5) is 35.1 Å². The predicted molar refractivity (Wildman–Crippen MR) is 144 cm³/mol. The van der Waals surface area contributed by atoms with E-state index in [0.717, 1.165) is 0 Å². The molecule has 5 rings (SSSR count). The number of nitrogens with zero attached hydrogens (tertiary/aromatic N) is 8. The van der Waals surface area contributed by atoms with Gasteiger partial charge < -0.3 is 0 Å². The summed E-state index contributed by atoms with van der Waals surface area (Å²) in [7, 11) is 0. The van der Waals surface area contributed by atoms with Gasteiger partial charge in [-0.15, -0.1) is 0 Å². The van der Waals surface area contributed by atoms with Crippen LogP contribution in [-0.4, -0.2) is 9.97 Å². The van der Waals surface area contributed by atoms with Crippen LogP contribution in [0.1, 0.15) is 39.1 Å². The van der Waals surface area contributed by atoms with Crippen molar-refractivity contribution in [3.63, 3.8) is 0 Å². The third kappa shape index (κ3) is 4.62. The zero-order valence-corrected chi connectivity index (χ0v) is 22.4. The summed E-state index contributed by atoms with van der Waals surface area (Å²) in [5.74, 6) is -7.99. The largest absolute Gasteiger partial charge is 0.433 e. The smallest absolute Gasteiger partial charge is 0.237 e. The molecular formula is C31H4F8N8. The van der Waals surface area contributed by atoms with Gasteiger partial charge in [0.25, 0.3) is 11.4 Å². The van der Waals surface area contributed by atoms with Crippen LogP contribution in [0.15, 0.2) is 35.7 Å². The normalized spacial score (nSPS) is 15.4. The standard InChI is InChI=1S/C31H4F8N8/c1-43-14(9-41)23-20(11-4-16(31(37,38)39)46-17(32)5-11)13(8-40)22-25(23)29(36)26-24(15(10-42)44-2)21(30(45-3)27(26)28(22)35)12-6-18(33)47-19(34)7-12/h4-7H/b23-14-,24-15+. The predicted octanol–water partition coefficient (Wildman–Crippen LogP) is 7.75. The van der Waals surface area contributed by atoms with Gasteiger partial charge >= 0.3 is 6.18 Å². The first-order chi connectivity index (χ1) is 22.3. The number of hydrogen-bond acceptors (Lipinski definition) is 5. The fourth-order valence-electron chi connectivity index (χ4n) is 5.30. The second kappa shape index (κ2) is 11.1. The van der Waals surface area contributed by atoms with E-state index >= 15 is 8.78 Å². The number of rotatable bonds is 2. The van der Waals surface area contributed by atoms with Crippen LogP contribution in [0.5, 0.6) is 0 Å². The Morgan fingerprint density at radius 1 is 0.660 bits per heavy atom. The fourth-order valence-corrected chi connectivity index (χ4v) is 5.30. The Balaban J connectivity index is 2.04. The highest BCUT2D eigenvalue weighted by Crippen LogP contribution is 2.57. The zero-order chi connectivity index (χ0) is 34.5. The number of pyridine rings is 2. The van der Waals surface area contributed by atoms with Gasteiger partial charge in [0.1, 0.15) is 23.4 Å². The first-order valence-corrected chi connectivity index (χ1v) is 12.2. The molecule has 8 nitrogen and oxygen atoms in total. The third-order valence-electron chi connectivity index (χ3n) is 6.91. The number of fused-ring (bicyclic) bond motifs is 2. The van der Waals surface area contributed by atoms with E-state index < -0.39 is 120 Å². The molecule has 2 aliphatic rings. The van der Waals surface area contributed by atoms with Crippen molar-refractivity contribution in [2.75, 3.05) is 0 Å². The Morgan fingerprint density at radius 2 is 1.13 bits per heavy atom. The molecule has 2 aromatic heterocycles. The van der Waals surface area contributed by atoms with E-state index in [1.54, 1.807) is 0 Å². The highest BCUT2D eigenvalue weighted by atomic mass is 19.4. The second-order valence-electron chi connectivity index (χ2n) is 9.28. The molecular weight excluding hydrogens is 636 g/mol. The molecule has 16 heteroatoms. The maximum Gasteiger partial charge on any atom is 0.433 e. The Kier molecular flexibility index (Phi) is 7.39. The fraction of sp³-hybridized carbons (Fsp3) is 0.0323. The molecule has 0 amide bonds. The number of nitriles is 3. The number of hydrogen-bond donors (Lipinski definition) is 0. The first-order valence-electron chi connectivity index (χ1n) is 12.2. The lowest BCUT2D eigenvalue weighted by atomic mass is 9.90. The van der Waals surface area contributed by atoms with Crippen molar-refractivity contribution in [2.24, 2.45) is 0 Å². The van der Waals surface area contributed by atoms with Gasteiger partial charge in [-0.05, 0) is 46.0 Å². The summed E-state index contributed by atoms with van der Waals surface area (Å²) in [6.07, 6.45) is -5.26. The molecule has 0 saturated heterocycles. The maximum absolute atomic E-state index is 17.0. The van der Waals surface area contributed by atoms with Gasteiger partial charge in [0.15, 0.2) is 0 Å². The summed E-state index contributed by atoms with van der Waals surface area (Å²) in [5, 5.41) is 29.6. The van der Waals surface area contributed by atoms with Crippen molar-refractivity contribution in [3.8, 4) is 18.2 Å². The van der Waals surface area contributed by atoms with Crippen LogP contribution in [0.3, 0.4) is 0 Å². The van der Waals surface area contributed by atoms with Gasteiger partial charge in [-0.2, -0.15) is 36.6 Å². The molecule has 47 heavy (non-hydrogen) atoms. The SMILES string of the molecule is [C-]#[N+]C1=C(c2cc(F)nc(F)c2)/C(=C(/C#N)[N+]#[C-])c2c(F)c3c(c(F)c21)C(C#N)=C(c1cc(F)nc(C(F)(F)F)c1)/C3=C(\C#N)[N+]#[C-]. The summed E-state index contributed by atoms with van der Waals surface area (Å²) >= 11 is 0. The van der Waals surface area contributed by atoms with Crippen LogP contribution in [0, 0.1) is 83.2 Å². The lowest BCUT2D eigenvalue weighted by Crippen LogP contribution is -2.10. The summed E-state index contributed by atoms with van der Waals surface area (Å²) < 4.78 is 117. The molecule has 0 saturated carbocycles. The minimum Gasteiger partial charge on any atom is -0.237 e. The summed E-state index contributed by atoms with van der Waals surface area (Å²) in [4.78, 5) is 14.7. The van der Waals surface area contributed by atoms with E-state index in [1.165, 1.54) is 18.2 Å². The molecule has 0 N–H and O–H groups in total. The number of allylic oxidation sites excluding steroid dienone is 7. The van der Waals surface area contributed by atoms with Gasteiger partial charge in [-0.3, -0.25) is 0 Å². The van der Waals surface area contributed by atoms with E-state index in [9.17, 15) is 42.1 Å². The Morgan fingerprint density at radius 3 is 1.60 bits per heavy atom. The van der Waals surface area contributed by atoms with Crippen molar-refractivity contribution in [3.05, 3.63) is 138 Å². The zero-order valence-electron chi connectivity index (χ0n) is 22.4. The van der Waals surface area contributed by atoms with E-state index in [4.69, 9.17) is 19.7 Å². The van der Waals surface area contributed by atoms with Crippen molar-refractivity contribution >= 4 is 33.6 Å². The molecule has 0 unspecified atom stereocenters. The lowest BCUT2D eigenvalue weighted by molar-refractivity contribution is -0.141. The molecule has 0 bridgehead atoms. The van der Waals surface area contributed by atoms with Gasteiger partial charge in [0.2, 0.25) is 23.5 Å². The Hall–Kier alpha value is -7.14. The average molecular weight is 640 g/mol. The second-order valence-corrected chi connectivity index (χ2v) is 9.28. The summed E-state index contributed by atoms with van der Waals surface area (Å²) in [5.41, 5.74) is -14.8. The van der Waals surface area contributed by atoms with Crippen molar-refractivity contribution in [1.29, 1.82) is 15.8 Å². The van der Waals surface area contributed by atoms with Crippen LogP contribution < -0.4 is 0 Å². The number of halogens is 8. The average Bonchev–Trinajstić information content (AvgIpc) is 3.54. The first kappa shape index (κ1) is 31.3. The minimum absolute atomic E-state index is 0.220. The van der Waals surface area contributed by atoms with Gasteiger partial charge in [0.05, 0.1) is 37.4 Å². The van der Waals surface area contributed by atoms with Crippen molar-refractivity contribution in [2.45, 2.75) is 6.18 Å². The molecule has 1 aromatic carbocycles. The highest BCUT2D eigenvalue weighted by Gasteiger charge is 2.44. The molecule has 2 aliphatic carbocycles. The summed E-state index contributed by atoms with van der Waals surface area (Å²) in [6.45, 7) is 22.7. The van der Waals surface area contributed by atoms with Crippen LogP contribution in [-0.2, 0) is 6.18 Å². The lowest BCUT2D eigenvalue weighted by Gasteiger charge is -2.16. The van der Waals surface area contributed by atoms with Crippen LogP contribution >= 0.6 is 0 Å².